The van der Waals surface area contributed by atoms with Crippen molar-refractivity contribution in [3.8, 4) is 0 Å². The van der Waals surface area contributed by atoms with E-state index >= 15 is 0 Å². The Morgan fingerprint density at radius 1 is 1.11 bits per heavy atom. The van der Waals surface area contributed by atoms with Gasteiger partial charge < -0.3 is 10.1 Å². The van der Waals surface area contributed by atoms with Crippen molar-refractivity contribution < 1.29 is 17.9 Å². The maximum atomic E-state index is 12.7. The van der Waals surface area contributed by atoms with Crippen molar-refractivity contribution in [3.63, 3.8) is 0 Å². The minimum atomic E-state index is -3.94. The highest BCUT2D eigenvalue weighted by Gasteiger charge is 2.20. The molecule has 0 aliphatic carbocycles. The lowest BCUT2D eigenvalue weighted by Crippen LogP contribution is -2.25. The van der Waals surface area contributed by atoms with Crippen molar-refractivity contribution >= 4 is 33.2 Å². The Bertz CT molecular complexity index is 929. The molecule has 6 nitrogen and oxygen atoms in total. The van der Waals surface area contributed by atoms with E-state index in [9.17, 15) is 13.2 Å². The van der Waals surface area contributed by atoms with E-state index < -0.39 is 10.0 Å². The first-order valence-corrected chi connectivity index (χ1v) is 10.3. The standard InChI is InChI=1S/C19H23ClN2O4S/c1-13-5-7-16(11-14(13)2)22-27(24,25)18-12-15(6-8-17(18)20)19(23)21-9-4-10-26-3/h5-8,11-12,22H,4,9-10H2,1-3H3,(H,21,23). The number of nitrogens with one attached hydrogen (secondary N) is 2. The fourth-order valence-corrected chi connectivity index (χ4v) is 3.96. The van der Waals surface area contributed by atoms with Crippen LogP contribution in [0.2, 0.25) is 5.02 Å². The zero-order valence-electron chi connectivity index (χ0n) is 15.5. The van der Waals surface area contributed by atoms with E-state index in [1.165, 1.54) is 18.2 Å². The first-order valence-electron chi connectivity index (χ1n) is 8.41. The Hall–Kier alpha value is -2.09. The zero-order valence-corrected chi connectivity index (χ0v) is 17.1. The maximum Gasteiger partial charge on any atom is 0.263 e. The normalized spacial score (nSPS) is 11.3. The molecule has 8 heteroatoms. The number of anilines is 1. The van der Waals surface area contributed by atoms with Gasteiger partial charge in [0, 0.05) is 31.5 Å². The van der Waals surface area contributed by atoms with Gasteiger partial charge >= 0.3 is 0 Å². The highest BCUT2D eigenvalue weighted by molar-refractivity contribution is 7.92. The molecular formula is C19H23ClN2O4S. The van der Waals surface area contributed by atoms with E-state index in [0.29, 0.717) is 25.3 Å². The largest absolute Gasteiger partial charge is 0.385 e. The second kappa shape index (κ2) is 9.21. The van der Waals surface area contributed by atoms with E-state index in [-0.39, 0.29) is 21.4 Å². The third-order valence-electron chi connectivity index (χ3n) is 4.05. The summed E-state index contributed by atoms with van der Waals surface area (Å²) in [6.45, 7) is 4.80. The lowest BCUT2D eigenvalue weighted by molar-refractivity contribution is 0.0948. The maximum absolute atomic E-state index is 12.7. The zero-order chi connectivity index (χ0) is 20.0. The Balaban J connectivity index is 2.22. The molecule has 2 aromatic rings. The van der Waals surface area contributed by atoms with E-state index in [2.05, 4.69) is 10.0 Å². The van der Waals surface area contributed by atoms with Gasteiger partial charge in [-0.15, -0.1) is 0 Å². The Morgan fingerprint density at radius 2 is 1.85 bits per heavy atom. The van der Waals surface area contributed by atoms with Gasteiger partial charge in [0.05, 0.1) is 5.02 Å². The fraction of sp³-hybridized carbons (Fsp3) is 0.316. The highest BCUT2D eigenvalue weighted by atomic mass is 35.5. The van der Waals surface area contributed by atoms with E-state index in [0.717, 1.165) is 11.1 Å². The lowest BCUT2D eigenvalue weighted by atomic mass is 10.1. The second-order valence-electron chi connectivity index (χ2n) is 6.15. The van der Waals surface area contributed by atoms with Gasteiger partial charge in [-0.1, -0.05) is 17.7 Å². The molecule has 0 aliphatic heterocycles. The monoisotopic (exact) mass is 410 g/mol. The molecule has 0 bridgehead atoms. The van der Waals surface area contributed by atoms with Crippen molar-refractivity contribution in [1.29, 1.82) is 0 Å². The van der Waals surface area contributed by atoms with Crippen molar-refractivity contribution in [1.82, 2.24) is 5.32 Å². The summed E-state index contributed by atoms with van der Waals surface area (Å²) in [5.41, 5.74) is 2.68. The molecule has 0 atom stereocenters. The Morgan fingerprint density at radius 3 is 2.52 bits per heavy atom. The molecule has 0 aromatic heterocycles. The predicted molar refractivity (Wildman–Crippen MR) is 107 cm³/mol. The Kier molecular flexibility index (Phi) is 7.24. The number of methoxy groups -OCH3 is 1. The van der Waals surface area contributed by atoms with Crippen LogP contribution in [0, 0.1) is 13.8 Å². The SMILES string of the molecule is COCCCNC(=O)c1ccc(Cl)c(S(=O)(=O)Nc2ccc(C)c(C)c2)c1. The van der Waals surface area contributed by atoms with Gasteiger partial charge in [-0.2, -0.15) is 0 Å². The molecule has 27 heavy (non-hydrogen) atoms. The van der Waals surface area contributed by atoms with Crippen LogP contribution in [0.25, 0.3) is 0 Å². The van der Waals surface area contributed by atoms with Crippen LogP contribution in [-0.4, -0.2) is 34.6 Å². The minimum absolute atomic E-state index is 0.0438. The van der Waals surface area contributed by atoms with Gasteiger partial charge in [0.25, 0.3) is 15.9 Å². The van der Waals surface area contributed by atoms with Crippen LogP contribution in [0.3, 0.4) is 0 Å². The average Bonchev–Trinajstić information content (AvgIpc) is 2.61. The molecule has 0 heterocycles. The molecule has 2 aromatic carbocycles. The number of hydrogen-bond donors (Lipinski definition) is 2. The molecule has 146 valence electrons. The summed E-state index contributed by atoms with van der Waals surface area (Å²) in [7, 11) is -2.36. The number of hydrogen-bond acceptors (Lipinski definition) is 4. The number of carbonyl (C=O) groups is 1. The molecule has 0 unspecified atom stereocenters. The third-order valence-corrected chi connectivity index (χ3v) is 5.92. The van der Waals surface area contributed by atoms with Crippen molar-refractivity contribution in [2.24, 2.45) is 0 Å². The van der Waals surface area contributed by atoms with Gasteiger partial charge in [-0.3, -0.25) is 9.52 Å². The lowest BCUT2D eigenvalue weighted by Gasteiger charge is -2.12. The summed E-state index contributed by atoms with van der Waals surface area (Å²) in [6, 6.07) is 9.42. The number of carbonyl (C=O) groups excluding carboxylic acids is 1. The quantitative estimate of drug-likeness (QED) is 0.652. The molecule has 1 amide bonds. The number of benzene rings is 2. The molecule has 0 aliphatic rings. The summed E-state index contributed by atoms with van der Waals surface area (Å²) < 4.78 is 32.9. The number of ether oxygens (including phenoxy) is 1. The van der Waals surface area contributed by atoms with Crippen LogP contribution < -0.4 is 10.0 Å². The fourth-order valence-electron chi connectivity index (χ4n) is 2.39. The highest BCUT2D eigenvalue weighted by Crippen LogP contribution is 2.26. The number of halogens is 1. The number of sulfonamides is 1. The molecule has 2 N–H and O–H groups in total. The molecule has 2 rings (SSSR count). The summed E-state index contributed by atoms with van der Waals surface area (Å²) in [6.07, 6.45) is 0.662. The van der Waals surface area contributed by atoms with Crippen LogP contribution in [0.5, 0.6) is 0 Å². The summed E-state index contributed by atoms with van der Waals surface area (Å²) in [5, 5.41) is 2.76. The van der Waals surface area contributed by atoms with E-state index in [1.807, 2.05) is 19.9 Å². The summed E-state index contributed by atoms with van der Waals surface area (Å²) >= 11 is 6.09. The molecule has 0 saturated carbocycles. The van der Waals surface area contributed by atoms with Crippen molar-refractivity contribution in [2.75, 3.05) is 25.0 Å². The predicted octanol–water partition coefficient (Wildman–Crippen LogP) is 3.52. The van der Waals surface area contributed by atoms with Gasteiger partial charge in [0.15, 0.2) is 0 Å². The number of amides is 1. The first-order chi connectivity index (χ1) is 12.7. The van der Waals surface area contributed by atoms with Crippen molar-refractivity contribution in [2.45, 2.75) is 25.2 Å². The molecule has 0 saturated heterocycles. The second-order valence-corrected chi connectivity index (χ2v) is 8.21. The number of aryl methyl sites for hydroxylation is 2. The van der Waals surface area contributed by atoms with Crippen LogP contribution in [0.1, 0.15) is 27.9 Å². The smallest absolute Gasteiger partial charge is 0.263 e. The van der Waals surface area contributed by atoms with Gasteiger partial charge in [0.2, 0.25) is 0 Å². The summed E-state index contributed by atoms with van der Waals surface area (Å²) in [4.78, 5) is 12.1. The van der Waals surface area contributed by atoms with E-state index in [1.54, 1.807) is 19.2 Å². The topological polar surface area (TPSA) is 84.5 Å². The molecular weight excluding hydrogens is 388 g/mol. The minimum Gasteiger partial charge on any atom is -0.385 e. The van der Waals surface area contributed by atoms with Gasteiger partial charge in [0.1, 0.15) is 4.90 Å². The van der Waals surface area contributed by atoms with Crippen LogP contribution in [0.15, 0.2) is 41.3 Å². The molecule has 0 radical (unpaired) electrons. The van der Waals surface area contributed by atoms with E-state index in [4.69, 9.17) is 16.3 Å². The molecule has 0 fully saturated rings. The van der Waals surface area contributed by atoms with Crippen LogP contribution >= 0.6 is 11.6 Å². The van der Waals surface area contributed by atoms with Crippen LogP contribution in [-0.2, 0) is 14.8 Å². The average molecular weight is 411 g/mol. The third kappa shape index (κ3) is 5.69. The number of rotatable bonds is 8. The molecule has 0 spiro atoms. The van der Waals surface area contributed by atoms with Gasteiger partial charge in [-0.05, 0) is 61.7 Å². The van der Waals surface area contributed by atoms with Crippen molar-refractivity contribution in [3.05, 3.63) is 58.1 Å². The summed E-state index contributed by atoms with van der Waals surface area (Å²) in [5.74, 6) is -0.370. The Labute approximate surface area is 164 Å². The van der Waals surface area contributed by atoms with Gasteiger partial charge in [-0.25, -0.2) is 8.42 Å². The first kappa shape index (κ1) is 21.2. The van der Waals surface area contributed by atoms with Crippen LogP contribution in [0.4, 0.5) is 5.69 Å².